The summed E-state index contributed by atoms with van der Waals surface area (Å²) in [7, 11) is 0. The van der Waals surface area contributed by atoms with Crippen LogP contribution in [0.3, 0.4) is 0 Å². The van der Waals surface area contributed by atoms with Gasteiger partial charge < -0.3 is 10.2 Å². The Balaban J connectivity index is 1.19. The second kappa shape index (κ2) is 16.8. The molecular weight excluding hydrogens is 641 g/mol. The lowest BCUT2D eigenvalue weighted by atomic mass is 9.92. The van der Waals surface area contributed by atoms with E-state index in [2.05, 4.69) is 212 Å². The van der Waals surface area contributed by atoms with Gasteiger partial charge in [0.15, 0.2) is 0 Å². The predicted molar refractivity (Wildman–Crippen MR) is 232 cm³/mol. The van der Waals surface area contributed by atoms with Crippen LogP contribution in [0, 0.1) is 6.92 Å². The van der Waals surface area contributed by atoms with Gasteiger partial charge in [-0.05, 0) is 102 Å². The fourth-order valence-electron chi connectivity index (χ4n) is 7.04. The highest BCUT2D eigenvalue weighted by atomic mass is 15.2. The number of nitrogens with zero attached hydrogens (tertiary/aromatic N) is 1. The Labute approximate surface area is 315 Å². The molecule has 2 bridgehead atoms. The van der Waals surface area contributed by atoms with Crippen molar-refractivity contribution in [1.82, 2.24) is 0 Å². The molecule has 1 N–H and O–H groups in total. The van der Waals surface area contributed by atoms with Crippen LogP contribution in [0.25, 0.3) is 44.8 Å². The van der Waals surface area contributed by atoms with Gasteiger partial charge in [-0.25, -0.2) is 0 Å². The number of fused-ring (bicyclic) bond motifs is 5. The minimum atomic E-state index is 0.212. The average molecular weight is 687 g/mol. The third kappa shape index (κ3) is 8.08. The lowest BCUT2D eigenvalue weighted by molar-refractivity contribution is 0.998. The molecule has 7 rings (SSSR count). The first-order valence-corrected chi connectivity index (χ1v) is 18.5. The van der Waals surface area contributed by atoms with E-state index in [0.717, 1.165) is 29.2 Å². The largest absolute Gasteiger partial charge is 0.379 e. The van der Waals surface area contributed by atoms with Gasteiger partial charge in [0.1, 0.15) is 0 Å². The van der Waals surface area contributed by atoms with Crippen LogP contribution in [0.4, 0.5) is 17.1 Å². The Morgan fingerprint density at radius 2 is 1.30 bits per heavy atom. The zero-order valence-electron chi connectivity index (χ0n) is 30.8. The maximum absolute atomic E-state index is 3.60. The Morgan fingerprint density at radius 1 is 0.642 bits per heavy atom. The van der Waals surface area contributed by atoms with Crippen molar-refractivity contribution in [3.8, 4) is 22.3 Å². The SMILES string of the molecule is C/C=C\C=C/C/C=C\C=C/C(C)Nc1ccc(-c2ccc(N(/C3=C/C=C/c4ccccc4-c4cccc3c4C)c3cccc4ccccc34)cc2)cc1. The van der Waals surface area contributed by atoms with Gasteiger partial charge in [-0.2, -0.15) is 0 Å². The van der Waals surface area contributed by atoms with Crippen LogP contribution < -0.4 is 10.2 Å². The minimum absolute atomic E-state index is 0.212. The highest BCUT2D eigenvalue weighted by Crippen LogP contribution is 2.42. The Bertz CT molecular complexity index is 2360. The van der Waals surface area contributed by atoms with Gasteiger partial charge in [0.2, 0.25) is 0 Å². The van der Waals surface area contributed by atoms with Crippen LogP contribution in [0.1, 0.15) is 37.0 Å². The third-order valence-electron chi connectivity index (χ3n) is 9.74. The molecule has 1 atom stereocenters. The molecule has 53 heavy (non-hydrogen) atoms. The molecule has 0 fully saturated rings. The van der Waals surface area contributed by atoms with E-state index in [4.69, 9.17) is 0 Å². The fraction of sp³-hybridized carbons (Fsp3) is 0.0980. The first-order chi connectivity index (χ1) is 26.1. The zero-order chi connectivity index (χ0) is 36.4. The van der Waals surface area contributed by atoms with Crippen molar-refractivity contribution in [3.05, 3.63) is 211 Å². The molecule has 260 valence electrons. The van der Waals surface area contributed by atoms with Gasteiger partial charge >= 0.3 is 0 Å². The first kappa shape index (κ1) is 35.0. The fourth-order valence-corrected chi connectivity index (χ4v) is 7.04. The molecule has 0 spiro atoms. The second-order valence-electron chi connectivity index (χ2n) is 13.4. The molecule has 2 nitrogen and oxygen atoms in total. The summed E-state index contributed by atoms with van der Waals surface area (Å²) in [5, 5.41) is 6.02. The number of allylic oxidation sites excluding steroid dienone is 9. The van der Waals surface area contributed by atoms with E-state index in [1.54, 1.807) is 0 Å². The van der Waals surface area contributed by atoms with E-state index in [1.807, 2.05) is 19.1 Å². The van der Waals surface area contributed by atoms with Gasteiger partial charge in [0, 0.05) is 28.4 Å². The predicted octanol–water partition coefficient (Wildman–Crippen LogP) is 14.1. The molecule has 6 aromatic carbocycles. The van der Waals surface area contributed by atoms with E-state index in [-0.39, 0.29) is 6.04 Å². The molecule has 1 aliphatic carbocycles. The van der Waals surface area contributed by atoms with Crippen LogP contribution in [0.15, 0.2) is 194 Å². The van der Waals surface area contributed by atoms with Crippen molar-refractivity contribution in [3.63, 3.8) is 0 Å². The molecule has 0 saturated heterocycles. The molecule has 0 aliphatic heterocycles. The maximum atomic E-state index is 3.60. The lowest BCUT2D eigenvalue weighted by Crippen LogP contribution is -2.17. The van der Waals surface area contributed by atoms with E-state index < -0.39 is 0 Å². The van der Waals surface area contributed by atoms with Crippen LogP contribution in [0.5, 0.6) is 0 Å². The van der Waals surface area contributed by atoms with Crippen LogP contribution in [0.2, 0.25) is 0 Å². The Kier molecular flexibility index (Phi) is 11.1. The summed E-state index contributed by atoms with van der Waals surface area (Å²) in [5.41, 5.74) is 13.0. The number of hydrogen-bond acceptors (Lipinski definition) is 2. The topological polar surface area (TPSA) is 15.3 Å². The number of anilines is 3. The normalized spacial score (nSPS) is 14.9. The number of rotatable bonds is 11. The lowest BCUT2D eigenvalue weighted by Gasteiger charge is -2.30. The number of hydrogen-bond donors (Lipinski definition) is 1. The van der Waals surface area contributed by atoms with Crippen molar-refractivity contribution >= 4 is 39.6 Å². The number of benzene rings is 6. The highest BCUT2D eigenvalue weighted by Gasteiger charge is 2.22. The van der Waals surface area contributed by atoms with Gasteiger partial charge in [0.05, 0.1) is 11.4 Å². The van der Waals surface area contributed by atoms with Crippen molar-refractivity contribution in [2.45, 2.75) is 33.2 Å². The summed E-state index contributed by atoms with van der Waals surface area (Å²) in [6.45, 7) is 6.45. The van der Waals surface area contributed by atoms with E-state index in [1.165, 1.54) is 49.7 Å². The van der Waals surface area contributed by atoms with Crippen molar-refractivity contribution in [2.75, 3.05) is 10.2 Å². The van der Waals surface area contributed by atoms with Crippen LogP contribution in [-0.4, -0.2) is 6.04 Å². The molecular formula is C51H46N2. The van der Waals surface area contributed by atoms with Crippen molar-refractivity contribution in [2.24, 2.45) is 0 Å². The van der Waals surface area contributed by atoms with Gasteiger partial charge in [0.25, 0.3) is 0 Å². The van der Waals surface area contributed by atoms with Crippen molar-refractivity contribution in [1.29, 1.82) is 0 Å². The summed E-state index contributed by atoms with van der Waals surface area (Å²) in [4.78, 5) is 2.43. The molecule has 0 radical (unpaired) electrons. The van der Waals surface area contributed by atoms with Crippen LogP contribution in [-0.2, 0) is 0 Å². The molecule has 0 aromatic heterocycles. The summed E-state index contributed by atoms with van der Waals surface area (Å²) in [6, 6.07) is 48.6. The van der Waals surface area contributed by atoms with Crippen molar-refractivity contribution < 1.29 is 0 Å². The number of nitrogens with one attached hydrogen (secondary N) is 1. The molecule has 0 heterocycles. The smallest absolute Gasteiger partial charge is 0.0540 e. The van der Waals surface area contributed by atoms with Gasteiger partial charge in [-0.3, -0.25) is 0 Å². The molecule has 0 saturated carbocycles. The monoisotopic (exact) mass is 686 g/mol. The van der Waals surface area contributed by atoms with E-state index in [0.29, 0.717) is 0 Å². The quantitative estimate of drug-likeness (QED) is 0.137. The van der Waals surface area contributed by atoms with Gasteiger partial charge in [-0.15, -0.1) is 0 Å². The Morgan fingerprint density at radius 3 is 2.11 bits per heavy atom. The molecule has 1 unspecified atom stereocenters. The molecule has 1 aliphatic rings. The maximum Gasteiger partial charge on any atom is 0.0540 e. The Hall–Kier alpha value is -6.38. The van der Waals surface area contributed by atoms with Crippen LogP contribution >= 0.6 is 0 Å². The van der Waals surface area contributed by atoms with E-state index >= 15 is 0 Å². The summed E-state index contributed by atoms with van der Waals surface area (Å²) < 4.78 is 0. The first-order valence-electron chi connectivity index (χ1n) is 18.5. The standard InChI is InChI=1S/C51H46N2/c1-4-5-6-7-8-9-10-11-19-38(2)52-44-34-30-40(31-35-44)41-32-36-45(37-33-41)53(51-29-17-23-43-21-13-15-25-49(43)51)50-28-16-22-42-20-12-14-24-48(42)46-26-18-27-47(50)39(46)3/h4-7,9-38,52H,8H2,1-3H3/b5-4-,7-6-,10-9-,19-11-,22-16+,50-28+. The third-order valence-corrected chi connectivity index (χ3v) is 9.74. The zero-order valence-corrected chi connectivity index (χ0v) is 30.8. The summed E-state index contributed by atoms with van der Waals surface area (Å²) in [5.74, 6) is 0. The molecule has 6 aromatic rings. The average Bonchev–Trinajstić information content (AvgIpc) is 3.21. The molecule has 0 amide bonds. The highest BCUT2D eigenvalue weighted by molar-refractivity contribution is 6.03. The van der Waals surface area contributed by atoms with Gasteiger partial charge in [-0.1, -0.05) is 164 Å². The second-order valence-corrected chi connectivity index (χ2v) is 13.4. The molecule has 2 heteroatoms. The minimum Gasteiger partial charge on any atom is -0.379 e. The van der Waals surface area contributed by atoms with E-state index in [9.17, 15) is 0 Å². The summed E-state index contributed by atoms with van der Waals surface area (Å²) >= 11 is 0. The summed E-state index contributed by atoms with van der Waals surface area (Å²) in [6.07, 6.45) is 24.5.